The second kappa shape index (κ2) is 7.05. The molecule has 1 saturated heterocycles. The van der Waals surface area contributed by atoms with Crippen LogP contribution in [0.1, 0.15) is 61.9 Å². The van der Waals surface area contributed by atoms with Crippen molar-refractivity contribution in [3.63, 3.8) is 0 Å². The van der Waals surface area contributed by atoms with Crippen LogP contribution in [0.2, 0.25) is 0 Å². The van der Waals surface area contributed by atoms with Crippen molar-refractivity contribution in [1.29, 1.82) is 0 Å². The Labute approximate surface area is 142 Å². The number of carbonyl (C=O) groups excluding carboxylic acids is 1. The normalized spacial score (nSPS) is 22.7. The molecule has 0 radical (unpaired) electrons. The topological polar surface area (TPSA) is 84.1 Å². The van der Waals surface area contributed by atoms with Gasteiger partial charge in [-0.05, 0) is 45.1 Å². The fourth-order valence-electron chi connectivity index (χ4n) is 4.14. The lowest BCUT2D eigenvalue weighted by Gasteiger charge is -2.32. The minimum absolute atomic E-state index is 0.0200. The van der Waals surface area contributed by atoms with Crippen LogP contribution >= 0.6 is 0 Å². The summed E-state index contributed by atoms with van der Waals surface area (Å²) in [5.74, 6) is 0.0430. The number of hydrogen-bond acceptors (Lipinski definition) is 4. The van der Waals surface area contributed by atoms with Crippen LogP contribution in [0.4, 0.5) is 0 Å². The fourth-order valence-corrected chi connectivity index (χ4v) is 4.14. The van der Waals surface area contributed by atoms with E-state index in [0.717, 1.165) is 30.5 Å². The maximum atomic E-state index is 12.3. The van der Waals surface area contributed by atoms with Gasteiger partial charge >= 0.3 is 5.69 Å². The van der Waals surface area contributed by atoms with Gasteiger partial charge in [0, 0.05) is 17.8 Å². The molecule has 1 atom stereocenters. The Morgan fingerprint density at radius 3 is 2.79 bits per heavy atom. The molecular formula is C18H27N3O3. The van der Waals surface area contributed by atoms with Gasteiger partial charge in [-0.1, -0.05) is 19.3 Å². The monoisotopic (exact) mass is 333 g/mol. The Balaban J connectivity index is 1.51. The highest BCUT2D eigenvalue weighted by Gasteiger charge is 2.41. The minimum atomic E-state index is -0.334. The quantitative estimate of drug-likeness (QED) is 0.882. The van der Waals surface area contributed by atoms with Gasteiger partial charge in [0.1, 0.15) is 0 Å². The molecule has 2 N–H and O–H groups in total. The second-order valence-corrected chi connectivity index (χ2v) is 7.25. The molecule has 1 aromatic rings. The first-order chi connectivity index (χ1) is 11.5. The largest absolute Gasteiger partial charge is 0.373 e. The highest BCUT2D eigenvalue weighted by atomic mass is 16.5. The number of aryl methyl sites for hydroxylation is 2. The van der Waals surface area contributed by atoms with E-state index in [4.69, 9.17) is 4.74 Å². The summed E-state index contributed by atoms with van der Waals surface area (Å²) in [6.45, 7) is 4.29. The summed E-state index contributed by atoms with van der Waals surface area (Å²) in [7, 11) is 0. The van der Waals surface area contributed by atoms with Gasteiger partial charge in [-0.15, -0.1) is 0 Å². The summed E-state index contributed by atoms with van der Waals surface area (Å²) < 4.78 is 6.04. The summed E-state index contributed by atoms with van der Waals surface area (Å²) in [4.78, 5) is 30.2. The lowest BCUT2D eigenvalue weighted by molar-refractivity contribution is -0.121. The van der Waals surface area contributed by atoms with Gasteiger partial charge in [0.25, 0.3) is 0 Å². The molecule has 0 aromatic carbocycles. The molecule has 3 rings (SSSR count). The van der Waals surface area contributed by atoms with Crippen molar-refractivity contribution in [1.82, 2.24) is 15.3 Å². The number of aromatic amines is 1. The van der Waals surface area contributed by atoms with E-state index in [1.165, 1.54) is 19.3 Å². The number of hydrogen-bond donors (Lipinski definition) is 2. The SMILES string of the molecule is Cc1nc(=O)[nH]c(C)c1CCC(=O)NC1COC2(CCCCC2)C1. The van der Waals surface area contributed by atoms with Crippen LogP contribution in [-0.2, 0) is 16.0 Å². The van der Waals surface area contributed by atoms with Gasteiger partial charge in [-0.3, -0.25) is 4.79 Å². The van der Waals surface area contributed by atoms with Crippen molar-refractivity contribution in [3.8, 4) is 0 Å². The average Bonchev–Trinajstić information content (AvgIpc) is 2.89. The zero-order valence-electron chi connectivity index (χ0n) is 14.6. The zero-order chi connectivity index (χ0) is 17.2. The maximum absolute atomic E-state index is 12.3. The van der Waals surface area contributed by atoms with E-state index in [1.807, 2.05) is 13.8 Å². The van der Waals surface area contributed by atoms with E-state index in [-0.39, 0.29) is 23.2 Å². The molecule has 1 unspecified atom stereocenters. The maximum Gasteiger partial charge on any atom is 0.345 e. The summed E-state index contributed by atoms with van der Waals surface area (Å²) in [5.41, 5.74) is 2.14. The number of nitrogens with zero attached hydrogens (tertiary/aromatic N) is 1. The Hall–Kier alpha value is -1.69. The third kappa shape index (κ3) is 3.86. The minimum Gasteiger partial charge on any atom is -0.373 e. The van der Waals surface area contributed by atoms with Crippen LogP contribution in [0.5, 0.6) is 0 Å². The van der Waals surface area contributed by atoms with Crippen LogP contribution in [0.15, 0.2) is 4.79 Å². The van der Waals surface area contributed by atoms with E-state index in [2.05, 4.69) is 15.3 Å². The molecule has 2 heterocycles. The van der Waals surface area contributed by atoms with E-state index in [9.17, 15) is 9.59 Å². The highest BCUT2D eigenvalue weighted by molar-refractivity contribution is 5.76. The molecule has 132 valence electrons. The van der Waals surface area contributed by atoms with E-state index >= 15 is 0 Å². The highest BCUT2D eigenvalue weighted by Crippen LogP contribution is 2.39. The number of nitrogens with one attached hydrogen (secondary N) is 2. The number of amides is 1. The number of rotatable bonds is 4. The smallest absolute Gasteiger partial charge is 0.345 e. The van der Waals surface area contributed by atoms with Crippen LogP contribution in [0.25, 0.3) is 0 Å². The molecule has 1 aliphatic carbocycles. The first kappa shape index (κ1) is 17.1. The molecule has 6 nitrogen and oxygen atoms in total. The third-order valence-electron chi connectivity index (χ3n) is 5.39. The first-order valence-electron chi connectivity index (χ1n) is 8.97. The van der Waals surface area contributed by atoms with Crippen molar-refractivity contribution in [2.45, 2.75) is 76.9 Å². The number of carbonyl (C=O) groups is 1. The molecule has 1 amide bonds. The molecule has 1 saturated carbocycles. The number of ether oxygens (including phenoxy) is 1. The molecule has 1 aliphatic heterocycles. The van der Waals surface area contributed by atoms with Gasteiger partial charge in [0.2, 0.25) is 5.91 Å². The van der Waals surface area contributed by atoms with Crippen molar-refractivity contribution in [3.05, 3.63) is 27.4 Å². The van der Waals surface area contributed by atoms with Crippen molar-refractivity contribution < 1.29 is 9.53 Å². The Kier molecular flexibility index (Phi) is 5.04. The fraction of sp³-hybridized carbons (Fsp3) is 0.722. The summed E-state index contributed by atoms with van der Waals surface area (Å²) in [5, 5.41) is 3.11. The Morgan fingerprint density at radius 1 is 1.33 bits per heavy atom. The van der Waals surface area contributed by atoms with Crippen LogP contribution < -0.4 is 11.0 Å². The average molecular weight is 333 g/mol. The van der Waals surface area contributed by atoms with Gasteiger partial charge in [-0.25, -0.2) is 4.79 Å². The lowest BCUT2D eigenvalue weighted by atomic mass is 9.82. The van der Waals surface area contributed by atoms with Gasteiger partial charge < -0.3 is 15.0 Å². The molecule has 2 aliphatic rings. The Morgan fingerprint density at radius 2 is 2.08 bits per heavy atom. The molecule has 24 heavy (non-hydrogen) atoms. The van der Waals surface area contributed by atoms with E-state index in [1.54, 1.807) is 0 Å². The summed E-state index contributed by atoms with van der Waals surface area (Å²) in [6.07, 6.45) is 7.95. The lowest BCUT2D eigenvalue weighted by Crippen LogP contribution is -2.37. The number of aromatic nitrogens is 2. The summed E-state index contributed by atoms with van der Waals surface area (Å²) in [6, 6.07) is 0.131. The van der Waals surface area contributed by atoms with E-state index in [0.29, 0.717) is 25.1 Å². The molecule has 1 spiro atoms. The second-order valence-electron chi connectivity index (χ2n) is 7.25. The van der Waals surface area contributed by atoms with Gasteiger partial charge in [-0.2, -0.15) is 4.98 Å². The zero-order valence-corrected chi connectivity index (χ0v) is 14.6. The van der Waals surface area contributed by atoms with Crippen LogP contribution in [-0.4, -0.2) is 34.1 Å². The van der Waals surface area contributed by atoms with Gasteiger partial charge in [0.05, 0.1) is 18.2 Å². The van der Waals surface area contributed by atoms with Crippen molar-refractivity contribution in [2.24, 2.45) is 0 Å². The van der Waals surface area contributed by atoms with Crippen LogP contribution in [0.3, 0.4) is 0 Å². The molecule has 2 fully saturated rings. The molecule has 6 heteroatoms. The predicted octanol–water partition coefficient (Wildman–Crippen LogP) is 1.93. The van der Waals surface area contributed by atoms with Crippen molar-refractivity contribution in [2.75, 3.05) is 6.61 Å². The Bertz CT molecular complexity index is 636. The number of H-pyrrole nitrogens is 1. The van der Waals surface area contributed by atoms with E-state index < -0.39 is 0 Å². The van der Waals surface area contributed by atoms with Gasteiger partial charge in [0.15, 0.2) is 0 Å². The first-order valence-corrected chi connectivity index (χ1v) is 8.97. The standard InChI is InChI=1S/C18H27N3O3/c1-12-15(13(2)20-17(23)19-12)6-7-16(22)21-14-10-18(24-11-14)8-4-3-5-9-18/h14H,3-11H2,1-2H3,(H,21,22)(H,19,20,23). The van der Waals surface area contributed by atoms with Crippen molar-refractivity contribution >= 4 is 5.91 Å². The third-order valence-corrected chi connectivity index (χ3v) is 5.39. The molecular weight excluding hydrogens is 306 g/mol. The van der Waals surface area contributed by atoms with Crippen LogP contribution in [0, 0.1) is 13.8 Å². The molecule has 0 bridgehead atoms. The predicted molar refractivity (Wildman–Crippen MR) is 91.0 cm³/mol. The molecule has 1 aromatic heterocycles. The summed E-state index contributed by atoms with van der Waals surface area (Å²) >= 11 is 0.